The Morgan fingerprint density at radius 3 is 2.39 bits per heavy atom. The van der Waals surface area contributed by atoms with E-state index in [1.165, 1.54) is 0 Å². The van der Waals surface area contributed by atoms with Gasteiger partial charge in [-0.2, -0.15) is 0 Å². The topological polar surface area (TPSA) is 66.4 Å². The summed E-state index contributed by atoms with van der Waals surface area (Å²) >= 11 is 0. The molecule has 18 heavy (non-hydrogen) atoms. The molecule has 104 valence electrons. The lowest BCUT2D eigenvalue weighted by atomic mass is 9.88. The number of hydrogen-bond acceptors (Lipinski definition) is 2. The van der Waals surface area contributed by atoms with Gasteiger partial charge in [0.05, 0.1) is 5.41 Å². The van der Waals surface area contributed by atoms with E-state index in [-0.39, 0.29) is 18.4 Å². The molecule has 0 radical (unpaired) electrons. The van der Waals surface area contributed by atoms with Gasteiger partial charge in [0.2, 0.25) is 5.91 Å². The van der Waals surface area contributed by atoms with Gasteiger partial charge in [-0.15, -0.1) is 0 Å². The fraction of sp³-hybridized carbons (Fsp3) is 0.857. The second-order valence-electron chi connectivity index (χ2n) is 6.14. The summed E-state index contributed by atoms with van der Waals surface area (Å²) in [5.41, 5.74) is -0.990. The van der Waals surface area contributed by atoms with Crippen LogP contribution in [0.5, 0.6) is 0 Å². The van der Waals surface area contributed by atoms with Crippen LogP contribution in [-0.4, -0.2) is 23.0 Å². The zero-order valence-electron chi connectivity index (χ0n) is 11.8. The molecule has 1 rings (SSSR count). The summed E-state index contributed by atoms with van der Waals surface area (Å²) in [4.78, 5) is 22.9. The van der Waals surface area contributed by atoms with Crippen molar-refractivity contribution < 1.29 is 14.7 Å². The van der Waals surface area contributed by atoms with Gasteiger partial charge < -0.3 is 10.4 Å². The van der Waals surface area contributed by atoms with E-state index in [2.05, 4.69) is 19.2 Å². The molecular formula is C14H25NO3. The van der Waals surface area contributed by atoms with Gasteiger partial charge in [0.1, 0.15) is 0 Å². The van der Waals surface area contributed by atoms with Gasteiger partial charge in [0, 0.05) is 12.5 Å². The summed E-state index contributed by atoms with van der Waals surface area (Å²) in [6, 6.07) is 0.215. The maximum absolute atomic E-state index is 11.9. The molecule has 1 amide bonds. The molecular weight excluding hydrogens is 230 g/mol. The number of aliphatic carboxylic acids is 1. The van der Waals surface area contributed by atoms with Crippen molar-refractivity contribution in [3.63, 3.8) is 0 Å². The molecule has 3 unspecified atom stereocenters. The van der Waals surface area contributed by atoms with Crippen LogP contribution < -0.4 is 5.32 Å². The van der Waals surface area contributed by atoms with Gasteiger partial charge in [-0.1, -0.05) is 20.3 Å². The molecule has 0 aromatic heterocycles. The lowest BCUT2D eigenvalue weighted by Gasteiger charge is -2.23. The van der Waals surface area contributed by atoms with E-state index >= 15 is 0 Å². The van der Waals surface area contributed by atoms with Crippen LogP contribution in [0, 0.1) is 17.3 Å². The van der Waals surface area contributed by atoms with E-state index in [4.69, 9.17) is 5.11 Å². The average Bonchev–Trinajstić information content (AvgIpc) is 2.59. The number of rotatable bonds is 5. The largest absolute Gasteiger partial charge is 0.481 e. The van der Waals surface area contributed by atoms with E-state index in [1.54, 1.807) is 13.8 Å². The second-order valence-corrected chi connectivity index (χ2v) is 6.14. The first kappa shape index (κ1) is 15.0. The monoisotopic (exact) mass is 255 g/mol. The highest BCUT2D eigenvalue weighted by Crippen LogP contribution is 2.34. The second kappa shape index (κ2) is 5.72. The van der Waals surface area contributed by atoms with E-state index < -0.39 is 11.4 Å². The molecule has 0 aliphatic heterocycles. The molecule has 1 fully saturated rings. The minimum absolute atomic E-state index is 0.0440. The highest BCUT2D eigenvalue weighted by Gasteiger charge is 2.35. The zero-order chi connectivity index (χ0) is 13.9. The maximum Gasteiger partial charge on any atom is 0.309 e. The number of hydrogen-bond donors (Lipinski definition) is 2. The van der Waals surface area contributed by atoms with E-state index in [1.807, 2.05) is 0 Å². The van der Waals surface area contributed by atoms with Crippen molar-refractivity contribution in [1.29, 1.82) is 0 Å². The van der Waals surface area contributed by atoms with Gasteiger partial charge in [0.25, 0.3) is 0 Å². The first-order valence-corrected chi connectivity index (χ1v) is 6.80. The first-order chi connectivity index (χ1) is 8.27. The summed E-state index contributed by atoms with van der Waals surface area (Å²) in [6.07, 6.45) is 3.36. The van der Waals surface area contributed by atoms with Crippen LogP contribution in [0.15, 0.2) is 0 Å². The highest BCUT2D eigenvalue weighted by atomic mass is 16.4. The fourth-order valence-corrected chi connectivity index (χ4v) is 2.76. The Morgan fingerprint density at radius 1 is 1.33 bits per heavy atom. The van der Waals surface area contributed by atoms with Crippen LogP contribution in [0.3, 0.4) is 0 Å². The SMILES string of the molecule is CCC1CCC(NC(=O)CC(C)(C)C(=O)O)C1C. The number of carboxylic acid groups (broad SMARTS) is 1. The summed E-state index contributed by atoms with van der Waals surface area (Å²) < 4.78 is 0. The maximum atomic E-state index is 11.9. The average molecular weight is 255 g/mol. The predicted octanol–water partition coefficient (Wildman–Crippen LogP) is 2.43. The Hall–Kier alpha value is -1.06. The van der Waals surface area contributed by atoms with Gasteiger partial charge in [-0.3, -0.25) is 9.59 Å². The van der Waals surface area contributed by atoms with Crippen molar-refractivity contribution in [1.82, 2.24) is 5.32 Å². The minimum atomic E-state index is -0.990. The minimum Gasteiger partial charge on any atom is -0.481 e. The normalized spacial score (nSPS) is 28.1. The van der Waals surface area contributed by atoms with Crippen molar-refractivity contribution in [2.24, 2.45) is 17.3 Å². The standard InChI is InChI=1S/C14H25NO3/c1-5-10-6-7-11(9(10)2)15-12(16)8-14(3,4)13(17)18/h9-11H,5-8H2,1-4H3,(H,15,16)(H,17,18). The Balaban J connectivity index is 2.49. The highest BCUT2D eigenvalue weighted by molar-refractivity contribution is 5.84. The van der Waals surface area contributed by atoms with Crippen LogP contribution in [0.1, 0.15) is 53.4 Å². The summed E-state index contributed by atoms with van der Waals surface area (Å²) in [5, 5.41) is 12.0. The van der Waals surface area contributed by atoms with Gasteiger partial charge >= 0.3 is 5.97 Å². The van der Waals surface area contributed by atoms with Crippen molar-refractivity contribution in [3.8, 4) is 0 Å². The molecule has 0 spiro atoms. The third-order valence-electron chi connectivity index (χ3n) is 4.28. The van der Waals surface area contributed by atoms with E-state index in [9.17, 15) is 9.59 Å². The molecule has 4 heteroatoms. The number of carbonyl (C=O) groups is 2. The molecule has 3 atom stereocenters. The Kier molecular flexibility index (Phi) is 4.77. The predicted molar refractivity (Wildman–Crippen MR) is 70.1 cm³/mol. The van der Waals surface area contributed by atoms with E-state index in [0.29, 0.717) is 11.8 Å². The molecule has 1 aliphatic rings. The van der Waals surface area contributed by atoms with Crippen LogP contribution in [0.2, 0.25) is 0 Å². The number of carbonyl (C=O) groups excluding carboxylic acids is 1. The van der Waals surface area contributed by atoms with Crippen molar-refractivity contribution in [2.75, 3.05) is 0 Å². The molecule has 0 bridgehead atoms. The van der Waals surface area contributed by atoms with Gasteiger partial charge in [-0.25, -0.2) is 0 Å². The smallest absolute Gasteiger partial charge is 0.309 e. The third kappa shape index (κ3) is 3.47. The van der Waals surface area contributed by atoms with Crippen LogP contribution in [0.25, 0.3) is 0 Å². The van der Waals surface area contributed by atoms with Crippen LogP contribution in [0.4, 0.5) is 0 Å². The molecule has 1 aliphatic carbocycles. The van der Waals surface area contributed by atoms with E-state index in [0.717, 1.165) is 19.3 Å². The van der Waals surface area contributed by atoms with Crippen molar-refractivity contribution in [2.45, 2.75) is 59.4 Å². The molecule has 1 saturated carbocycles. The fourth-order valence-electron chi connectivity index (χ4n) is 2.76. The molecule has 0 heterocycles. The summed E-state index contributed by atoms with van der Waals surface area (Å²) in [7, 11) is 0. The third-order valence-corrected chi connectivity index (χ3v) is 4.28. The zero-order valence-corrected chi connectivity index (χ0v) is 11.8. The van der Waals surface area contributed by atoms with Crippen molar-refractivity contribution in [3.05, 3.63) is 0 Å². The van der Waals surface area contributed by atoms with Crippen LogP contribution in [-0.2, 0) is 9.59 Å². The molecule has 0 aromatic carbocycles. The summed E-state index contributed by atoms with van der Waals surface area (Å²) in [6.45, 7) is 7.52. The number of nitrogens with one attached hydrogen (secondary N) is 1. The Morgan fingerprint density at radius 2 is 1.94 bits per heavy atom. The molecule has 0 aromatic rings. The van der Waals surface area contributed by atoms with Crippen LogP contribution >= 0.6 is 0 Å². The van der Waals surface area contributed by atoms with Crippen molar-refractivity contribution >= 4 is 11.9 Å². The molecule has 0 saturated heterocycles. The van der Waals surface area contributed by atoms with Gasteiger partial charge in [0.15, 0.2) is 0 Å². The molecule has 2 N–H and O–H groups in total. The number of amides is 1. The molecule has 4 nitrogen and oxygen atoms in total. The van der Waals surface area contributed by atoms with Gasteiger partial charge in [-0.05, 0) is 38.5 Å². The first-order valence-electron chi connectivity index (χ1n) is 6.80. The Bertz CT molecular complexity index is 325. The summed E-state index contributed by atoms with van der Waals surface area (Å²) in [5.74, 6) is 0.106. The lowest BCUT2D eigenvalue weighted by Crippen LogP contribution is -2.40. The lowest BCUT2D eigenvalue weighted by molar-refractivity contribution is -0.149. The quantitative estimate of drug-likeness (QED) is 0.793. The number of carboxylic acids is 1. The Labute approximate surface area is 109 Å².